The molecule has 2 aromatic carbocycles. The van der Waals surface area contributed by atoms with Gasteiger partial charge in [-0.15, -0.1) is 0 Å². The Bertz CT molecular complexity index is 817. The van der Waals surface area contributed by atoms with Crippen LogP contribution in [0.4, 0.5) is 5.69 Å². The fourth-order valence-corrected chi connectivity index (χ4v) is 2.70. The summed E-state index contributed by atoms with van der Waals surface area (Å²) >= 11 is 0. The molecule has 0 fully saturated rings. The van der Waals surface area contributed by atoms with Crippen LogP contribution in [-0.2, 0) is 6.54 Å². The Balaban J connectivity index is 2.36. The molecule has 0 unspecified atom stereocenters. The maximum Gasteiger partial charge on any atom is 0.279 e. The van der Waals surface area contributed by atoms with Crippen LogP contribution in [0.3, 0.4) is 0 Å². The van der Waals surface area contributed by atoms with E-state index >= 15 is 0 Å². The molecular formula is C17H16N2O2. The molecule has 0 bridgehead atoms. The second-order valence-electron chi connectivity index (χ2n) is 5.12. The molecular weight excluding hydrogens is 264 g/mol. The quantitative estimate of drug-likeness (QED) is 0.522. The Hall–Kier alpha value is -2.62. The number of hydrogen-bond donors (Lipinski definition) is 0. The number of rotatable bonds is 3. The minimum atomic E-state index is -0.306. The van der Waals surface area contributed by atoms with Gasteiger partial charge in [-0.1, -0.05) is 35.9 Å². The molecule has 0 amide bonds. The maximum atomic E-state index is 11.3. The third kappa shape index (κ3) is 2.18. The van der Waals surface area contributed by atoms with Crippen molar-refractivity contribution in [2.45, 2.75) is 20.4 Å². The fourth-order valence-electron chi connectivity index (χ4n) is 2.70. The van der Waals surface area contributed by atoms with Crippen LogP contribution in [0.5, 0.6) is 0 Å². The minimum Gasteiger partial charge on any atom is -0.347 e. The lowest BCUT2D eigenvalue weighted by Gasteiger charge is -2.01. The zero-order valence-corrected chi connectivity index (χ0v) is 12.0. The van der Waals surface area contributed by atoms with Gasteiger partial charge in [0.1, 0.15) is 0 Å². The molecule has 0 radical (unpaired) electrons. The average molecular weight is 280 g/mol. The summed E-state index contributed by atoms with van der Waals surface area (Å²) in [5.41, 5.74) is 4.16. The van der Waals surface area contributed by atoms with Crippen molar-refractivity contribution in [3.8, 4) is 11.1 Å². The van der Waals surface area contributed by atoms with Gasteiger partial charge in [-0.3, -0.25) is 10.1 Å². The molecule has 4 nitrogen and oxygen atoms in total. The Labute approximate surface area is 122 Å². The molecule has 0 atom stereocenters. The number of nitro benzene ring substituents is 1. The van der Waals surface area contributed by atoms with Crippen LogP contribution in [-0.4, -0.2) is 9.49 Å². The monoisotopic (exact) mass is 280 g/mol. The Kier molecular flexibility index (Phi) is 3.22. The Morgan fingerprint density at radius 3 is 2.48 bits per heavy atom. The van der Waals surface area contributed by atoms with Crippen LogP contribution in [0.2, 0.25) is 0 Å². The van der Waals surface area contributed by atoms with Gasteiger partial charge in [-0.05, 0) is 25.5 Å². The summed E-state index contributed by atoms with van der Waals surface area (Å²) in [6, 6.07) is 13.3. The molecule has 21 heavy (non-hydrogen) atoms. The second kappa shape index (κ2) is 5.05. The van der Waals surface area contributed by atoms with E-state index < -0.39 is 0 Å². The van der Waals surface area contributed by atoms with Gasteiger partial charge in [0.2, 0.25) is 0 Å². The van der Waals surface area contributed by atoms with Crippen molar-refractivity contribution in [3.05, 3.63) is 64.3 Å². The molecule has 106 valence electrons. The van der Waals surface area contributed by atoms with Gasteiger partial charge in [-0.25, -0.2) is 0 Å². The minimum absolute atomic E-state index is 0.162. The zero-order valence-electron chi connectivity index (χ0n) is 12.0. The fraction of sp³-hybridized carbons (Fsp3) is 0.176. The van der Waals surface area contributed by atoms with Gasteiger partial charge in [0, 0.05) is 24.4 Å². The molecule has 4 heteroatoms. The number of non-ortho nitro benzene ring substituents is 1. The largest absolute Gasteiger partial charge is 0.347 e. The number of fused-ring (bicyclic) bond motifs is 1. The molecule has 0 spiro atoms. The summed E-state index contributed by atoms with van der Waals surface area (Å²) < 4.78 is 2.05. The molecule has 0 aliphatic carbocycles. The van der Waals surface area contributed by atoms with Crippen molar-refractivity contribution in [2.75, 3.05) is 0 Å². The number of nitrogens with zero attached hydrogens (tertiary/aromatic N) is 2. The number of hydrogen-bond acceptors (Lipinski definition) is 2. The summed E-state index contributed by atoms with van der Waals surface area (Å²) in [5, 5.41) is 12.1. The van der Waals surface area contributed by atoms with Crippen LogP contribution >= 0.6 is 0 Å². The lowest BCUT2D eigenvalue weighted by atomic mass is 10.0. The van der Waals surface area contributed by atoms with E-state index in [0.29, 0.717) is 5.39 Å². The molecule has 0 aliphatic rings. The summed E-state index contributed by atoms with van der Waals surface area (Å²) in [6.07, 6.45) is 2.00. The van der Waals surface area contributed by atoms with Gasteiger partial charge in [0.15, 0.2) is 0 Å². The third-order valence-electron chi connectivity index (χ3n) is 3.78. The smallest absolute Gasteiger partial charge is 0.279 e. The summed E-state index contributed by atoms with van der Waals surface area (Å²) in [4.78, 5) is 11.0. The lowest BCUT2D eigenvalue weighted by molar-refractivity contribution is -0.383. The van der Waals surface area contributed by atoms with Gasteiger partial charge < -0.3 is 4.57 Å². The highest BCUT2D eigenvalue weighted by molar-refractivity contribution is 6.02. The molecule has 1 heterocycles. The number of aryl methyl sites for hydroxylation is 2. The number of nitro groups is 1. The highest BCUT2D eigenvalue weighted by Crippen LogP contribution is 2.36. The maximum absolute atomic E-state index is 11.3. The van der Waals surface area contributed by atoms with E-state index in [2.05, 4.69) is 4.57 Å². The number of aromatic nitrogens is 1. The Morgan fingerprint density at radius 1 is 1.14 bits per heavy atom. The first-order valence-corrected chi connectivity index (χ1v) is 6.95. The van der Waals surface area contributed by atoms with Crippen molar-refractivity contribution in [1.82, 2.24) is 4.57 Å². The van der Waals surface area contributed by atoms with Gasteiger partial charge >= 0.3 is 0 Å². The third-order valence-corrected chi connectivity index (χ3v) is 3.78. The van der Waals surface area contributed by atoms with Gasteiger partial charge in [0.05, 0.1) is 15.8 Å². The highest BCUT2D eigenvalue weighted by Gasteiger charge is 2.19. The van der Waals surface area contributed by atoms with Gasteiger partial charge in [0.25, 0.3) is 5.69 Å². The first kappa shape index (κ1) is 13.4. The van der Waals surface area contributed by atoms with Gasteiger partial charge in [-0.2, -0.15) is 0 Å². The van der Waals surface area contributed by atoms with E-state index in [4.69, 9.17) is 0 Å². The lowest BCUT2D eigenvalue weighted by Crippen LogP contribution is -1.92. The van der Waals surface area contributed by atoms with Crippen LogP contribution in [0.1, 0.15) is 12.5 Å². The molecule has 0 N–H and O–H groups in total. The topological polar surface area (TPSA) is 48.1 Å². The van der Waals surface area contributed by atoms with Crippen molar-refractivity contribution >= 4 is 16.6 Å². The van der Waals surface area contributed by atoms with E-state index in [0.717, 1.165) is 23.2 Å². The zero-order chi connectivity index (χ0) is 15.0. The molecule has 0 saturated carbocycles. The number of benzene rings is 2. The van der Waals surface area contributed by atoms with E-state index in [1.807, 2.05) is 50.4 Å². The first-order chi connectivity index (χ1) is 10.1. The molecule has 1 aromatic heterocycles. The standard InChI is InChI=1S/C17H16N2O2/c1-3-18-11-14(13-9-7-12(2)8-10-13)17-15(18)5-4-6-16(17)19(20)21/h4-11H,3H2,1-2H3. The molecule has 0 aliphatic heterocycles. The molecule has 0 saturated heterocycles. The van der Waals surface area contributed by atoms with Crippen molar-refractivity contribution in [3.63, 3.8) is 0 Å². The van der Waals surface area contributed by atoms with E-state index in [1.54, 1.807) is 12.1 Å². The SMILES string of the molecule is CCn1cc(-c2ccc(C)cc2)c2c([N+](=O)[O-])cccc21. The second-order valence-corrected chi connectivity index (χ2v) is 5.12. The van der Waals surface area contributed by atoms with E-state index in [9.17, 15) is 10.1 Å². The van der Waals surface area contributed by atoms with Crippen LogP contribution in [0, 0.1) is 17.0 Å². The summed E-state index contributed by atoms with van der Waals surface area (Å²) in [7, 11) is 0. The molecule has 3 rings (SSSR count). The normalized spacial score (nSPS) is 11.0. The average Bonchev–Trinajstić information content (AvgIpc) is 2.86. The van der Waals surface area contributed by atoms with Crippen molar-refractivity contribution in [1.29, 1.82) is 0 Å². The van der Waals surface area contributed by atoms with E-state index in [1.165, 1.54) is 5.56 Å². The van der Waals surface area contributed by atoms with Crippen molar-refractivity contribution < 1.29 is 4.92 Å². The first-order valence-electron chi connectivity index (χ1n) is 6.95. The predicted octanol–water partition coefficient (Wildman–Crippen LogP) is 4.54. The highest BCUT2D eigenvalue weighted by atomic mass is 16.6. The Morgan fingerprint density at radius 2 is 1.86 bits per heavy atom. The van der Waals surface area contributed by atoms with Crippen molar-refractivity contribution in [2.24, 2.45) is 0 Å². The molecule has 3 aromatic rings. The summed E-state index contributed by atoms with van der Waals surface area (Å²) in [6.45, 7) is 4.85. The van der Waals surface area contributed by atoms with E-state index in [-0.39, 0.29) is 10.6 Å². The predicted molar refractivity (Wildman–Crippen MR) is 84.4 cm³/mol. The van der Waals surface area contributed by atoms with Crippen LogP contribution in [0.25, 0.3) is 22.0 Å². The van der Waals surface area contributed by atoms with Crippen LogP contribution < -0.4 is 0 Å². The summed E-state index contributed by atoms with van der Waals surface area (Å²) in [5.74, 6) is 0. The van der Waals surface area contributed by atoms with Crippen LogP contribution in [0.15, 0.2) is 48.7 Å².